The Balaban J connectivity index is 1.65. The van der Waals surface area contributed by atoms with Gasteiger partial charge < -0.3 is 20.0 Å². The molecule has 0 saturated carbocycles. The molecule has 0 aliphatic carbocycles. The lowest BCUT2D eigenvalue weighted by Crippen LogP contribution is -2.51. The van der Waals surface area contributed by atoms with Gasteiger partial charge in [-0.3, -0.25) is 9.59 Å². The van der Waals surface area contributed by atoms with Crippen LogP contribution in [0.25, 0.3) is 0 Å². The van der Waals surface area contributed by atoms with Crippen LogP contribution < -0.4 is 10.6 Å². The van der Waals surface area contributed by atoms with Crippen LogP contribution >= 0.6 is 0 Å². The summed E-state index contributed by atoms with van der Waals surface area (Å²) in [6.07, 6.45) is -1.23. The molecule has 1 aromatic carbocycles. The molecular formula is C19H21F3N4O5S. The number of nitrogens with zero attached hydrogens (tertiary/aromatic N) is 2. The highest BCUT2D eigenvalue weighted by Crippen LogP contribution is 2.36. The van der Waals surface area contributed by atoms with Crippen LogP contribution in [0.1, 0.15) is 15.9 Å². The number of piperazine rings is 1. The predicted molar refractivity (Wildman–Crippen MR) is 110 cm³/mol. The SMILES string of the molecule is CS(=O)(=O)N1CCN(C(=O)CNc2ccc(NC(=O)c3ccoc3)cc2C(F)(F)F)CC1. The largest absolute Gasteiger partial charge is 0.472 e. The van der Waals surface area contributed by atoms with Crippen molar-refractivity contribution in [1.82, 2.24) is 9.21 Å². The van der Waals surface area contributed by atoms with Crippen molar-refractivity contribution in [2.24, 2.45) is 0 Å². The van der Waals surface area contributed by atoms with E-state index < -0.39 is 40.1 Å². The number of hydrogen-bond donors (Lipinski definition) is 2. The average Bonchev–Trinajstić information content (AvgIpc) is 3.26. The van der Waals surface area contributed by atoms with E-state index in [2.05, 4.69) is 10.6 Å². The normalized spacial score (nSPS) is 15.4. The van der Waals surface area contributed by atoms with E-state index in [1.54, 1.807) is 0 Å². The van der Waals surface area contributed by atoms with E-state index in [4.69, 9.17) is 4.42 Å². The van der Waals surface area contributed by atoms with Gasteiger partial charge in [0.15, 0.2) is 0 Å². The fourth-order valence-corrected chi connectivity index (χ4v) is 3.99. The molecule has 1 fully saturated rings. The van der Waals surface area contributed by atoms with Crippen molar-refractivity contribution in [2.75, 3.05) is 49.6 Å². The van der Waals surface area contributed by atoms with Crippen LogP contribution in [0.15, 0.2) is 41.2 Å². The summed E-state index contributed by atoms with van der Waals surface area (Å²) in [6, 6.07) is 4.56. The van der Waals surface area contributed by atoms with Gasteiger partial charge in [-0.2, -0.15) is 17.5 Å². The Morgan fingerprint density at radius 1 is 1.12 bits per heavy atom. The zero-order valence-electron chi connectivity index (χ0n) is 17.0. The first-order valence-electron chi connectivity index (χ1n) is 9.47. The molecule has 1 aromatic heterocycles. The van der Waals surface area contributed by atoms with Crippen LogP contribution in [0.4, 0.5) is 24.5 Å². The maximum absolute atomic E-state index is 13.5. The highest BCUT2D eigenvalue weighted by Gasteiger charge is 2.34. The average molecular weight is 474 g/mol. The van der Waals surface area contributed by atoms with E-state index in [-0.39, 0.29) is 43.1 Å². The van der Waals surface area contributed by atoms with Gasteiger partial charge in [0, 0.05) is 37.6 Å². The number of carbonyl (C=O) groups excluding carboxylic acids is 2. The third-order valence-electron chi connectivity index (χ3n) is 4.86. The van der Waals surface area contributed by atoms with Gasteiger partial charge in [0.05, 0.1) is 30.2 Å². The third kappa shape index (κ3) is 5.79. The summed E-state index contributed by atoms with van der Waals surface area (Å²) in [5.41, 5.74) is -1.28. The van der Waals surface area contributed by atoms with E-state index in [1.165, 1.54) is 27.6 Å². The lowest BCUT2D eigenvalue weighted by atomic mass is 10.1. The summed E-state index contributed by atoms with van der Waals surface area (Å²) in [7, 11) is -3.36. The van der Waals surface area contributed by atoms with Crippen molar-refractivity contribution in [3.63, 3.8) is 0 Å². The van der Waals surface area contributed by atoms with Gasteiger partial charge in [-0.1, -0.05) is 0 Å². The van der Waals surface area contributed by atoms with E-state index >= 15 is 0 Å². The van der Waals surface area contributed by atoms with Crippen molar-refractivity contribution >= 4 is 33.2 Å². The highest BCUT2D eigenvalue weighted by molar-refractivity contribution is 7.88. The van der Waals surface area contributed by atoms with Crippen molar-refractivity contribution in [3.8, 4) is 0 Å². The van der Waals surface area contributed by atoms with Crippen LogP contribution in [0.3, 0.4) is 0 Å². The third-order valence-corrected chi connectivity index (χ3v) is 6.16. The summed E-state index contributed by atoms with van der Waals surface area (Å²) in [6.45, 7) is 0.160. The van der Waals surface area contributed by atoms with Crippen molar-refractivity contribution in [1.29, 1.82) is 0 Å². The molecule has 0 radical (unpaired) electrons. The van der Waals surface area contributed by atoms with Gasteiger partial charge in [0.1, 0.15) is 6.26 Å². The molecule has 0 unspecified atom stereocenters. The Bertz CT molecular complexity index is 1080. The van der Waals surface area contributed by atoms with E-state index in [0.717, 1.165) is 24.7 Å². The summed E-state index contributed by atoms with van der Waals surface area (Å²) in [5.74, 6) is -1.08. The molecule has 9 nitrogen and oxygen atoms in total. The molecule has 32 heavy (non-hydrogen) atoms. The van der Waals surface area contributed by atoms with Crippen LogP contribution in [0.5, 0.6) is 0 Å². The molecular weight excluding hydrogens is 453 g/mol. The second-order valence-corrected chi connectivity index (χ2v) is 9.10. The zero-order chi connectivity index (χ0) is 23.5. The van der Waals surface area contributed by atoms with Gasteiger partial charge in [0.25, 0.3) is 5.91 Å². The topological polar surface area (TPSA) is 112 Å². The first-order chi connectivity index (χ1) is 14.9. The molecule has 3 rings (SSSR count). The van der Waals surface area contributed by atoms with Crippen molar-refractivity contribution in [3.05, 3.63) is 47.9 Å². The molecule has 13 heteroatoms. The molecule has 174 valence electrons. The number of anilines is 2. The predicted octanol–water partition coefficient (Wildman–Crippen LogP) is 2.07. The number of nitrogens with one attached hydrogen (secondary N) is 2. The maximum Gasteiger partial charge on any atom is 0.418 e. The van der Waals surface area contributed by atoms with E-state index in [0.29, 0.717) is 0 Å². The summed E-state index contributed by atoms with van der Waals surface area (Å²) in [4.78, 5) is 25.8. The minimum atomic E-state index is -4.73. The lowest BCUT2D eigenvalue weighted by Gasteiger charge is -2.33. The molecule has 1 aliphatic rings. The fraction of sp³-hybridized carbons (Fsp3) is 0.368. The molecule has 0 bridgehead atoms. The maximum atomic E-state index is 13.5. The van der Waals surface area contributed by atoms with Gasteiger partial charge in [-0.15, -0.1) is 0 Å². The van der Waals surface area contributed by atoms with Crippen LogP contribution in [-0.2, 0) is 21.0 Å². The van der Waals surface area contributed by atoms with Gasteiger partial charge >= 0.3 is 6.18 Å². The summed E-state index contributed by atoms with van der Waals surface area (Å²) >= 11 is 0. The Hall–Kier alpha value is -3.06. The number of sulfonamides is 1. The molecule has 1 saturated heterocycles. The van der Waals surface area contributed by atoms with Crippen LogP contribution in [-0.4, -0.2) is 68.4 Å². The van der Waals surface area contributed by atoms with E-state index in [1.807, 2.05) is 0 Å². The summed E-state index contributed by atoms with van der Waals surface area (Å²) in [5, 5.41) is 4.86. The Morgan fingerprint density at radius 2 is 1.81 bits per heavy atom. The number of alkyl halides is 3. The number of rotatable bonds is 6. The molecule has 0 spiro atoms. The Kier molecular flexibility index (Phi) is 6.79. The quantitative estimate of drug-likeness (QED) is 0.663. The lowest BCUT2D eigenvalue weighted by molar-refractivity contribution is -0.137. The second kappa shape index (κ2) is 9.20. The molecule has 1 aliphatic heterocycles. The Morgan fingerprint density at radius 3 is 2.38 bits per heavy atom. The Labute approximate surface area is 182 Å². The summed E-state index contributed by atoms with van der Waals surface area (Å²) < 4.78 is 69.7. The first kappa shape index (κ1) is 23.6. The van der Waals surface area contributed by atoms with Crippen LogP contribution in [0.2, 0.25) is 0 Å². The number of benzene rings is 1. The van der Waals surface area contributed by atoms with Crippen molar-refractivity contribution in [2.45, 2.75) is 6.18 Å². The molecule has 2 aromatic rings. The van der Waals surface area contributed by atoms with Crippen molar-refractivity contribution < 1.29 is 35.6 Å². The van der Waals surface area contributed by atoms with Gasteiger partial charge in [-0.05, 0) is 24.3 Å². The standard InChI is InChI=1S/C19H21F3N4O5S/c1-32(29,30)26-7-5-25(6-8-26)17(27)11-23-16-3-2-14(10-15(16)19(20,21)22)24-18(28)13-4-9-31-12-13/h2-4,9-10,12,23H,5-8,11H2,1H3,(H,24,28). The van der Waals surface area contributed by atoms with Gasteiger partial charge in [-0.25, -0.2) is 8.42 Å². The monoisotopic (exact) mass is 474 g/mol. The molecule has 2 N–H and O–H groups in total. The number of carbonyl (C=O) groups is 2. The fourth-order valence-electron chi connectivity index (χ4n) is 3.16. The molecule has 2 amide bonds. The number of hydrogen-bond acceptors (Lipinski definition) is 6. The minimum absolute atomic E-state index is 0.0719. The van der Waals surface area contributed by atoms with Crippen LogP contribution in [0, 0.1) is 0 Å². The van der Waals surface area contributed by atoms with E-state index in [9.17, 15) is 31.2 Å². The zero-order valence-corrected chi connectivity index (χ0v) is 17.8. The second-order valence-electron chi connectivity index (χ2n) is 7.12. The number of amides is 2. The molecule has 2 heterocycles. The number of halogens is 3. The first-order valence-corrected chi connectivity index (χ1v) is 11.3. The smallest absolute Gasteiger partial charge is 0.418 e. The van der Waals surface area contributed by atoms with Gasteiger partial charge in [0.2, 0.25) is 15.9 Å². The molecule has 0 atom stereocenters. The highest BCUT2D eigenvalue weighted by atomic mass is 32.2. The minimum Gasteiger partial charge on any atom is -0.472 e. The number of furan rings is 1.